The number of piperidine rings is 1. The second-order valence-corrected chi connectivity index (χ2v) is 7.32. The van der Waals surface area contributed by atoms with Crippen LogP contribution in [-0.2, 0) is 11.2 Å². The Bertz CT molecular complexity index is 529. The molecule has 0 aromatic carbocycles. The molecule has 1 saturated heterocycles. The molecule has 114 valence electrons. The fourth-order valence-corrected chi connectivity index (χ4v) is 3.22. The van der Waals surface area contributed by atoms with Crippen molar-refractivity contribution >= 4 is 17.7 Å². The first-order chi connectivity index (χ1) is 9.83. The molecule has 1 aromatic rings. The van der Waals surface area contributed by atoms with Crippen LogP contribution in [0.5, 0.6) is 0 Å². The van der Waals surface area contributed by atoms with E-state index in [1.807, 2.05) is 31.7 Å². The molecule has 2 fully saturated rings. The highest BCUT2D eigenvalue weighted by Crippen LogP contribution is 2.53. The van der Waals surface area contributed by atoms with E-state index in [1.54, 1.807) is 6.07 Å². The van der Waals surface area contributed by atoms with Crippen LogP contribution < -0.4 is 0 Å². The van der Waals surface area contributed by atoms with Crippen LogP contribution in [0.2, 0.25) is 5.15 Å². The van der Waals surface area contributed by atoms with Crippen molar-refractivity contribution < 1.29 is 9.53 Å². The molecule has 1 aromatic heterocycles. The van der Waals surface area contributed by atoms with E-state index in [0.29, 0.717) is 22.9 Å². The maximum atomic E-state index is 12.0. The normalized spacial score (nSPS) is 27.4. The van der Waals surface area contributed by atoms with Crippen molar-refractivity contribution in [1.29, 1.82) is 0 Å². The number of ether oxygens (including phenoxy) is 1. The third-order valence-electron chi connectivity index (χ3n) is 4.16. The molecule has 2 aliphatic rings. The third kappa shape index (κ3) is 3.28. The van der Waals surface area contributed by atoms with E-state index in [9.17, 15) is 4.79 Å². The number of halogens is 1. The number of carbonyl (C=O) groups excluding carboxylic acids is 1. The molecule has 21 heavy (non-hydrogen) atoms. The van der Waals surface area contributed by atoms with Gasteiger partial charge in [-0.15, -0.1) is 5.10 Å². The topological polar surface area (TPSA) is 55.3 Å². The van der Waals surface area contributed by atoms with Gasteiger partial charge in [0.2, 0.25) is 0 Å². The van der Waals surface area contributed by atoms with E-state index >= 15 is 0 Å². The Kier molecular flexibility index (Phi) is 3.56. The lowest BCUT2D eigenvalue weighted by atomic mass is 10.1. The molecule has 3 atom stereocenters. The van der Waals surface area contributed by atoms with Crippen molar-refractivity contribution in [3.8, 4) is 0 Å². The van der Waals surface area contributed by atoms with Crippen LogP contribution in [0.3, 0.4) is 0 Å². The molecule has 0 spiro atoms. The van der Waals surface area contributed by atoms with E-state index in [1.165, 1.54) is 0 Å². The summed E-state index contributed by atoms with van der Waals surface area (Å²) in [4.78, 5) is 13.8. The van der Waals surface area contributed by atoms with Crippen LogP contribution in [0.15, 0.2) is 12.1 Å². The van der Waals surface area contributed by atoms with E-state index in [2.05, 4.69) is 10.2 Å². The number of nitrogens with zero attached hydrogens (tertiary/aromatic N) is 3. The summed E-state index contributed by atoms with van der Waals surface area (Å²) in [6.45, 7) is 7.27. The summed E-state index contributed by atoms with van der Waals surface area (Å²) in [7, 11) is 0. The van der Waals surface area contributed by atoms with Gasteiger partial charge in [0.05, 0.1) is 5.69 Å². The monoisotopic (exact) mass is 309 g/mol. The molecule has 5 nitrogen and oxygen atoms in total. The number of rotatable bonds is 2. The van der Waals surface area contributed by atoms with Gasteiger partial charge < -0.3 is 9.64 Å². The molecule has 1 aliphatic carbocycles. The largest absolute Gasteiger partial charge is 0.444 e. The molecule has 2 heterocycles. The second-order valence-electron chi connectivity index (χ2n) is 6.93. The summed E-state index contributed by atoms with van der Waals surface area (Å²) in [5, 5.41) is 8.39. The zero-order valence-electron chi connectivity index (χ0n) is 12.5. The highest BCUT2D eigenvalue weighted by molar-refractivity contribution is 6.29. The van der Waals surface area contributed by atoms with E-state index < -0.39 is 5.60 Å². The van der Waals surface area contributed by atoms with Crippen LogP contribution in [0, 0.1) is 17.8 Å². The molecule has 1 amide bonds. The lowest BCUT2D eigenvalue weighted by Gasteiger charge is -2.25. The van der Waals surface area contributed by atoms with Crippen LogP contribution in [0.25, 0.3) is 0 Å². The van der Waals surface area contributed by atoms with E-state index in [-0.39, 0.29) is 6.09 Å². The smallest absolute Gasteiger partial charge is 0.410 e. The number of fused-ring (bicyclic) bond motifs is 1. The minimum absolute atomic E-state index is 0.195. The van der Waals surface area contributed by atoms with Crippen molar-refractivity contribution in [2.75, 3.05) is 13.1 Å². The SMILES string of the molecule is CC(C)(C)OC(=O)N1C[C@@H]2C(Cc3ccc(Cl)nn3)[C@@H]2C1. The molecule has 3 rings (SSSR count). The third-order valence-corrected chi connectivity index (χ3v) is 4.36. The van der Waals surface area contributed by atoms with Gasteiger partial charge in [0.1, 0.15) is 5.60 Å². The van der Waals surface area contributed by atoms with E-state index in [4.69, 9.17) is 16.3 Å². The standard InChI is InChI=1S/C15H20ClN3O2/c1-15(2,3)21-14(20)19-7-11-10(12(11)8-19)6-9-4-5-13(16)18-17-9/h4-5,10-12H,6-8H2,1-3H3/t10?,11-,12+. The maximum absolute atomic E-state index is 12.0. The molecule has 6 heteroatoms. The number of aromatic nitrogens is 2. The Labute approximate surface area is 129 Å². The fourth-order valence-electron chi connectivity index (χ4n) is 3.12. The van der Waals surface area contributed by atoms with Crippen molar-refractivity contribution in [1.82, 2.24) is 15.1 Å². The number of carbonyl (C=O) groups is 1. The van der Waals surface area contributed by atoms with E-state index in [0.717, 1.165) is 25.2 Å². The van der Waals surface area contributed by atoms with Gasteiger partial charge in [-0.3, -0.25) is 0 Å². The highest BCUT2D eigenvalue weighted by atomic mass is 35.5. The fraction of sp³-hybridized carbons (Fsp3) is 0.667. The van der Waals surface area contributed by atoms with Gasteiger partial charge in [0, 0.05) is 13.1 Å². The Morgan fingerprint density at radius 3 is 2.52 bits per heavy atom. The molecule has 1 aliphatic heterocycles. The van der Waals surface area contributed by atoms with Gasteiger partial charge in [-0.1, -0.05) is 11.6 Å². The Balaban J connectivity index is 1.50. The zero-order valence-corrected chi connectivity index (χ0v) is 13.3. The van der Waals surface area contributed by atoms with Crippen LogP contribution in [-0.4, -0.2) is 39.9 Å². The van der Waals surface area contributed by atoms with Crippen LogP contribution in [0.1, 0.15) is 26.5 Å². The minimum Gasteiger partial charge on any atom is -0.444 e. The Morgan fingerprint density at radius 1 is 1.33 bits per heavy atom. The maximum Gasteiger partial charge on any atom is 0.410 e. The molecular formula is C15H20ClN3O2. The first kappa shape index (κ1) is 14.6. The van der Waals surface area contributed by atoms with Crippen molar-refractivity contribution in [3.63, 3.8) is 0 Å². The molecule has 0 N–H and O–H groups in total. The molecular weight excluding hydrogens is 290 g/mol. The average molecular weight is 310 g/mol. The average Bonchev–Trinajstić information content (AvgIpc) is 2.83. The minimum atomic E-state index is -0.428. The van der Waals surface area contributed by atoms with Gasteiger partial charge in [0.25, 0.3) is 0 Å². The predicted octanol–water partition coefficient (Wildman–Crippen LogP) is 2.79. The summed E-state index contributed by atoms with van der Waals surface area (Å²) in [5.74, 6) is 1.77. The van der Waals surface area contributed by atoms with Gasteiger partial charge in [0.15, 0.2) is 5.15 Å². The van der Waals surface area contributed by atoms with Crippen molar-refractivity contribution in [2.24, 2.45) is 17.8 Å². The first-order valence-electron chi connectivity index (χ1n) is 7.29. The van der Waals surface area contributed by atoms with Gasteiger partial charge in [-0.05, 0) is 57.1 Å². The molecule has 0 radical (unpaired) electrons. The summed E-state index contributed by atoms with van der Waals surface area (Å²) in [6, 6.07) is 3.70. The van der Waals surface area contributed by atoms with Gasteiger partial charge >= 0.3 is 6.09 Å². The number of hydrogen-bond donors (Lipinski definition) is 0. The predicted molar refractivity (Wildman–Crippen MR) is 79.0 cm³/mol. The number of amides is 1. The summed E-state index contributed by atoms with van der Waals surface area (Å²) < 4.78 is 5.41. The van der Waals surface area contributed by atoms with Crippen LogP contribution >= 0.6 is 11.6 Å². The second kappa shape index (κ2) is 5.13. The molecule has 0 bridgehead atoms. The lowest BCUT2D eigenvalue weighted by Crippen LogP contribution is -2.37. The molecule has 1 saturated carbocycles. The summed E-state index contributed by atoms with van der Waals surface area (Å²) in [6.07, 6.45) is 0.724. The van der Waals surface area contributed by atoms with Gasteiger partial charge in [-0.25, -0.2) is 4.79 Å². The Morgan fingerprint density at radius 2 is 2.00 bits per heavy atom. The van der Waals surface area contributed by atoms with Crippen LogP contribution in [0.4, 0.5) is 4.79 Å². The summed E-state index contributed by atoms with van der Waals surface area (Å²) in [5.41, 5.74) is 0.546. The number of hydrogen-bond acceptors (Lipinski definition) is 4. The van der Waals surface area contributed by atoms with Crippen molar-refractivity contribution in [3.05, 3.63) is 23.0 Å². The summed E-state index contributed by atoms with van der Waals surface area (Å²) >= 11 is 5.73. The number of likely N-dealkylation sites (tertiary alicyclic amines) is 1. The van der Waals surface area contributed by atoms with Crippen molar-refractivity contribution in [2.45, 2.75) is 32.8 Å². The lowest BCUT2D eigenvalue weighted by molar-refractivity contribution is 0.0265. The van der Waals surface area contributed by atoms with Gasteiger partial charge in [-0.2, -0.15) is 5.10 Å². The Hall–Kier alpha value is -1.36. The first-order valence-corrected chi connectivity index (χ1v) is 7.67. The molecule has 1 unspecified atom stereocenters. The zero-order chi connectivity index (χ0) is 15.2. The highest BCUT2D eigenvalue weighted by Gasteiger charge is 2.56. The quantitative estimate of drug-likeness (QED) is 0.843.